The molecule has 1 fully saturated rings. The van der Waals surface area contributed by atoms with Crippen LogP contribution < -0.4 is 0 Å². The van der Waals surface area contributed by atoms with Crippen LogP contribution in [0.3, 0.4) is 0 Å². The number of amides is 1. The first-order valence-electron chi connectivity index (χ1n) is 11.0. The lowest BCUT2D eigenvalue weighted by atomic mass is 9.99. The lowest BCUT2D eigenvalue weighted by Crippen LogP contribution is -2.37. The number of carbonyl (C=O) groups is 1. The smallest absolute Gasteiger partial charge is 0.289 e. The van der Waals surface area contributed by atoms with Crippen molar-refractivity contribution in [2.45, 2.75) is 45.3 Å². The van der Waals surface area contributed by atoms with Crippen LogP contribution in [0.25, 0.3) is 0 Å². The quantitative estimate of drug-likeness (QED) is 0.638. The van der Waals surface area contributed by atoms with E-state index in [1.54, 1.807) is 0 Å². The molecule has 1 atom stereocenters. The molecule has 5 nitrogen and oxygen atoms in total. The number of aryl methyl sites for hydroxylation is 1. The highest BCUT2D eigenvalue weighted by Crippen LogP contribution is 2.34. The standard InChI is InChI=1S/C25H29N3O2/c1-19-7-9-20(10-8-19)24-22-6-5-15-26(22)16-17-28(24)18-21-11-12-23(30-21)25(29)27-13-3-2-4-14-27/h5-12,15,24H,2-4,13-14,16-18H2,1H3. The third-order valence-electron chi connectivity index (χ3n) is 6.41. The summed E-state index contributed by atoms with van der Waals surface area (Å²) in [7, 11) is 0. The van der Waals surface area contributed by atoms with Crippen molar-refractivity contribution >= 4 is 5.91 Å². The minimum Gasteiger partial charge on any atom is -0.455 e. The summed E-state index contributed by atoms with van der Waals surface area (Å²) >= 11 is 0. The molecule has 0 aliphatic carbocycles. The third-order valence-corrected chi connectivity index (χ3v) is 6.41. The highest BCUT2D eigenvalue weighted by atomic mass is 16.4. The zero-order valence-corrected chi connectivity index (χ0v) is 17.6. The van der Waals surface area contributed by atoms with Crippen molar-refractivity contribution < 1.29 is 9.21 Å². The molecule has 1 amide bonds. The van der Waals surface area contributed by atoms with Gasteiger partial charge in [-0.1, -0.05) is 29.8 Å². The fourth-order valence-corrected chi connectivity index (χ4v) is 4.76. The minimum atomic E-state index is 0.0311. The molecule has 2 aromatic heterocycles. The fourth-order valence-electron chi connectivity index (χ4n) is 4.76. The molecule has 5 rings (SSSR count). The number of hydrogen-bond acceptors (Lipinski definition) is 3. The maximum Gasteiger partial charge on any atom is 0.289 e. The van der Waals surface area contributed by atoms with Gasteiger partial charge in [-0.2, -0.15) is 0 Å². The number of furan rings is 1. The number of fused-ring (bicyclic) bond motifs is 1. The largest absolute Gasteiger partial charge is 0.455 e. The van der Waals surface area contributed by atoms with Gasteiger partial charge in [-0.05, 0) is 56.0 Å². The minimum absolute atomic E-state index is 0.0311. The van der Waals surface area contributed by atoms with Gasteiger partial charge < -0.3 is 13.9 Å². The summed E-state index contributed by atoms with van der Waals surface area (Å²) in [6, 6.07) is 17.1. The molecular formula is C25H29N3O2. The Morgan fingerprint density at radius 2 is 1.77 bits per heavy atom. The fraction of sp³-hybridized carbons (Fsp3) is 0.400. The van der Waals surface area contributed by atoms with E-state index in [9.17, 15) is 4.79 Å². The zero-order valence-electron chi connectivity index (χ0n) is 17.6. The molecule has 0 N–H and O–H groups in total. The molecule has 2 aliphatic rings. The lowest BCUT2D eigenvalue weighted by molar-refractivity contribution is 0.0686. The van der Waals surface area contributed by atoms with Crippen molar-refractivity contribution in [3.8, 4) is 0 Å². The number of rotatable bonds is 4. The van der Waals surface area contributed by atoms with Crippen LogP contribution in [0.4, 0.5) is 0 Å². The molecule has 5 heteroatoms. The SMILES string of the molecule is Cc1ccc(C2c3cccn3CCN2Cc2ccc(C(=O)N3CCCCC3)o2)cc1. The Morgan fingerprint density at radius 3 is 2.57 bits per heavy atom. The molecule has 0 saturated carbocycles. The van der Waals surface area contributed by atoms with Gasteiger partial charge in [-0.3, -0.25) is 9.69 Å². The maximum absolute atomic E-state index is 12.8. The van der Waals surface area contributed by atoms with Crippen LogP contribution in [-0.2, 0) is 13.1 Å². The Labute approximate surface area is 177 Å². The van der Waals surface area contributed by atoms with Crippen molar-refractivity contribution in [1.82, 2.24) is 14.4 Å². The first-order chi connectivity index (χ1) is 14.7. The van der Waals surface area contributed by atoms with Gasteiger partial charge in [-0.25, -0.2) is 0 Å². The van der Waals surface area contributed by atoms with E-state index in [1.165, 1.54) is 23.2 Å². The second-order valence-electron chi connectivity index (χ2n) is 8.53. The highest BCUT2D eigenvalue weighted by Gasteiger charge is 2.30. The number of aromatic nitrogens is 1. The Bertz CT molecular complexity index is 1010. The van der Waals surface area contributed by atoms with E-state index in [0.717, 1.165) is 44.8 Å². The molecule has 2 aliphatic heterocycles. The molecule has 0 spiro atoms. The van der Waals surface area contributed by atoms with E-state index < -0.39 is 0 Å². The molecule has 0 radical (unpaired) electrons. The number of hydrogen-bond donors (Lipinski definition) is 0. The molecule has 156 valence electrons. The van der Waals surface area contributed by atoms with Crippen LogP contribution in [0, 0.1) is 6.92 Å². The molecule has 0 bridgehead atoms. The van der Waals surface area contributed by atoms with Crippen LogP contribution in [0.15, 0.2) is 59.1 Å². The second kappa shape index (κ2) is 8.15. The first-order valence-corrected chi connectivity index (χ1v) is 11.0. The highest BCUT2D eigenvalue weighted by molar-refractivity contribution is 5.91. The van der Waals surface area contributed by atoms with Gasteiger partial charge in [-0.15, -0.1) is 0 Å². The average Bonchev–Trinajstić information content (AvgIpc) is 3.44. The van der Waals surface area contributed by atoms with Crippen LogP contribution in [0.1, 0.15) is 58.4 Å². The maximum atomic E-state index is 12.8. The van der Waals surface area contributed by atoms with Crippen molar-refractivity contribution in [2.75, 3.05) is 19.6 Å². The van der Waals surface area contributed by atoms with E-state index in [2.05, 4.69) is 59.0 Å². The Hall–Kier alpha value is -2.79. The van der Waals surface area contributed by atoms with E-state index in [1.807, 2.05) is 17.0 Å². The first kappa shape index (κ1) is 19.2. The van der Waals surface area contributed by atoms with Crippen molar-refractivity contribution in [3.05, 3.63) is 83.1 Å². The van der Waals surface area contributed by atoms with Gasteiger partial charge in [0, 0.05) is 38.1 Å². The van der Waals surface area contributed by atoms with E-state index >= 15 is 0 Å². The van der Waals surface area contributed by atoms with Crippen LogP contribution in [0.5, 0.6) is 0 Å². The number of carbonyl (C=O) groups excluding carboxylic acids is 1. The summed E-state index contributed by atoms with van der Waals surface area (Å²) in [5.41, 5.74) is 3.86. The monoisotopic (exact) mass is 403 g/mol. The van der Waals surface area contributed by atoms with Gasteiger partial charge in [0.2, 0.25) is 0 Å². The number of piperidine rings is 1. The topological polar surface area (TPSA) is 41.6 Å². The van der Waals surface area contributed by atoms with E-state index in [4.69, 9.17) is 4.42 Å². The summed E-state index contributed by atoms with van der Waals surface area (Å²) in [6.45, 7) is 6.40. The zero-order chi connectivity index (χ0) is 20.5. The Balaban J connectivity index is 1.38. The van der Waals surface area contributed by atoms with E-state index in [0.29, 0.717) is 12.3 Å². The predicted octanol–water partition coefficient (Wildman–Crippen LogP) is 4.62. The van der Waals surface area contributed by atoms with Crippen molar-refractivity contribution in [1.29, 1.82) is 0 Å². The van der Waals surface area contributed by atoms with Gasteiger partial charge in [0.15, 0.2) is 5.76 Å². The van der Waals surface area contributed by atoms with Crippen LogP contribution in [0.2, 0.25) is 0 Å². The second-order valence-corrected chi connectivity index (χ2v) is 8.53. The summed E-state index contributed by atoms with van der Waals surface area (Å²) in [6.07, 6.45) is 5.55. The summed E-state index contributed by atoms with van der Waals surface area (Å²) in [4.78, 5) is 17.1. The average molecular weight is 404 g/mol. The Kier molecular flexibility index (Phi) is 5.21. The lowest BCUT2D eigenvalue weighted by Gasteiger charge is -2.37. The normalized spacial score (nSPS) is 19.6. The summed E-state index contributed by atoms with van der Waals surface area (Å²) in [5, 5.41) is 0. The van der Waals surface area contributed by atoms with Crippen molar-refractivity contribution in [3.63, 3.8) is 0 Å². The van der Waals surface area contributed by atoms with Crippen LogP contribution >= 0.6 is 0 Å². The summed E-state index contributed by atoms with van der Waals surface area (Å²) < 4.78 is 8.38. The molecule has 1 aromatic carbocycles. The molecule has 4 heterocycles. The van der Waals surface area contributed by atoms with E-state index in [-0.39, 0.29) is 11.9 Å². The number of nitrogens with zero attached hydrogens (tertiary/aromatic N) is 3. The van der Waals surface area contributed by atoms with Crippen LogP contribution in [-0.4, -0.2) is 39.9 Å². The van der Waals surface area contributed by atoms with Gasteiger partial charge >= 0.3 is 0 Å². The Morgan fingerprint density at radius 1 is 0.967 bits per heavy atom. The van der Waals surface area contributed by atoms with Gasteiger partial charge in [0.05, 0.1) is 12.6 Å². The molecular weight excluding hydrogens is 374 g/mol. The molecule has 30 heavy (non-hydrogen) atoms. The predicted molar refractivity (Wildman–Crippen MR) is 116 cm³/mol. The molecule has 1 unspecified atom stereocenters. The van der Waals surface area contributed by atoms with Gasteiger partial charge in [0.1, 0.15) is 5.76 Å². The third kappa shape index (κ3) is 3.70. The summed E-state index contributed by atoms with van der Waals surface area (Å²) in [5.74, 6) is 1.36. The molecule has 1 saturated heterocycles. The number of likely N-dealkylation sites (tertiary alicyclic amines) is 1. The van der Waals surface area contributed by atoms with Crippen molar-refractivity contribution in [2.24, 2.45) is 0 Å². The number of benzene rings is 1. The van der Waals surface area contributed by atoms with Gasteiger partial charge in [0.25, 0.3) is 5.91 Å². The molecule has 3 aromatic rings.